The van der Waals surface area contributed by atoms with E-state index in [-0.39, 0.29) is 0 Å². The SMILES string of the molecule is Cc1c[nH]c(-c2ccc(F)c(C(F)(F)F)c2)c1. The molecule has 2 rings (SSSR count). The zero-order valence-electron chi connectivity index (χ0n) is 8.90. The van der Waals surface area contributed by atoms with Gasteiger partial charge in [0.1, 0.15) is 5.82 Å². The van der Waals surface area contributed by atoms with Crippen LogP contribution in [-0.4, -0.2) is 4.98 Å². The Morgan fingerprint density at radius 1 is 1.12 bits per heavy atom. The third-order valence-electron chi connectivity index (χ3n) is 2.41. The normalized spacial score (nSPS) is 11.8. The quantitative estimate of drug-likeness (QED) is 0.724. The van der Waals surface area contributed by atoms with Crippen molar-refractivity contribution < 1.29 is 17.6 Å². The van der Waals surface area contributed by atoms with Gasteiger partial charge in [-0.2, -0.15) is 13.2 Å². The van der Waals surface area contributed by atoms with Gasteiger partial charge in [-0.1, -0.05) is 0 Å². The lowest BCUT2D eigenvalue weighted by molar-refractivity contribution is -0.139. The first-order valence-corrected chi connectivity index (χ1v) is 4.90. The lowest BCUT2D eigenvalue weighted by atomic mass is 10.1. The number of benzene rings is 1. The van der Waals surface area contributed by atoms with Crippen LogP contribution in [0.4, 0.5) is 17.6 Å². The molecule has 0 bridgehead atoms. The average molecular weight is 243 g/mol. The Morgan fingerprint density at radius 3 is 2.35 bits per heavy atom. The van der Waals surface area contributed by atoms with Crippen molar-refractivity contribution in [2.24, 2.45) is 0 Å². The summed E-state index contributed by atoms with van der Waals surface area (Å²) in [4.78, 5) is 2.83. The van der Waals surface area contributed by atoms with Gasteiger partial charge in [-0.3, -0.25) is 0 Å². The molecule has 1 aromatic carbocycles. The van der Waals surface area contributed by atoms with E-state index in [0.29, 0.717) is 11.3 Å². The van der Waals surface area contributed by atoms with Crippen LogP contribution in [0.3, 0.4) is 0 Å². The van der Waals surface area contributed by atoms with Crippen LogP contribution in [-0.2, 0) is 6.18 Å². The van der Waals surface area contributed by atoms with Crippen molar-refractivity contribution >= 4 is 0 Å². The van der Waals surface area contributed by atoms with Gasteiger partial charge in [-0.15, -0.1) is 0 Å². The molecule has 5 heteroatoms. The van der Waals surface area contributed by atoms with Crippen molar-refractivity contribution in [3.8, 4) is 11.3 Å². The first-order chi connectivity index (χ1) is 7.88. The number of aromatic nitrogens is 1. The molecule has 0 fully saturated rings. The number of aromatic amines is 1. The Bertz CT molecular complexity index is 540. The van der Waals surface area contributed by atoms with Crippen LogP contribution in [0.1, 0.15) is 11.1 Å². The van der Waals surface area contributed by atoms with Crippen molar-refractivity contribution in [3.63, 3.8) is 0 Å². The molecule has 0 radical (unpaired) electrons. The summed E-state index contributed by atoms with van der Waals surface area (Å²) < 4.78 is 50.6. The van der Waals surface area contributed by atoms with Crippen LogP contribution in [0.2, 0.25) is 0 Å². The van der Waals surface area contributed by atoms with Gasteiger partial charge in [0.2, 0.25) is 0 Å². The third-order valence-corrected chi connectivity index (χ3v) is 2.41. The van der Waals surface area contributed by atoms with Gasteiger partial charge in [-0.05, 0) is 42.3 Å². The lowest BCUT2D eigenvalue weighted by Gasteiger charge is -2.09. The van der Waals surface area contributed by atoms with E-state index in [1.807, 2.05) is 6.92 Å². The van der Waals surface area contributed by atoms with Gasteiger partial charge in [0.25, 0.3) is 0 Å². The number of hydrogen-bond donors (Lipinski definition) is 1. The first-order valence-electron chi connectivity index (χ1n) is 4.90. The highest BCUT2D eigenvalue weighted by Crippen LogP contribution is 2.34. The highest BCUT2D eigenvalue weighted by molar-refractivity contribution is 5.61. The summed E-state index contributed by atoms with van der Waals surface area (Å²) >= 11 is 0. The number of alkyl halides is 3. The number of aryl methyl sites for hydroxylation is 1. The van der Waals surface area contributed by atoms with Crippen molar-refractivity contribution in [2.45, 2.75) is 13.1 Å². The second-order valence-electron chi connectivity index (χ2n) is 3.78. The van der Waals surface area contributed by atoms with E-state index in [2.05, 4.69) is 4.98 Å². The van der Waals surface area contributed by atoms with Crippen LogP contribution >= 0.6 is 0 Å². The number of H-pyrrole nitrogens is 1. The van der Waals surface area contributed by atoms with Gasteiger partial charge >= 0.3 is 6.18 Å². The summed E-state index contributed by atoms with van der Waals surface area (Å²) in [6.07, 6.45) is -3.01. The Labute approximate surface area is 95.1 Å². The maximum atomic E-state index is 13.1. The minimum atomic E-state index is -4.68. The molecule has 90 valence electrons. The topological polar surface area (TPSA) is 15.8 Å². The minimum Gasteiger partial charge on any atom is -0.361 e. The zero-order valence-corrected chi connectivity index (χ0v) is 8.90. The molecule has 2 aromatic rings. The molecule has 1 aromatic heterocycles. The zero-order chi connectivity index (χ0) is 12.6. The van der Waals surface area contributed by atoms with E-state index in [9.17, 15) is 17.6 Å². The molecule has 0 saturated heterocycles. The van der Waals surface area contributed by atoms with E-state index in [1.165, 1.54) is 6.07 Å². The summed E-state index contributed by atoms with van der Waals surface area (Å²) in [5, 5.41) is 0. The smallest absolute Gasteiger partial charge is 0.361 e. The number of nitrogens with one attached hydrogen (secondary N) is 1. The Balaban J connectivity index is 2.51. The molecular formula is C12H9F4N. The predicted molar refractivity (Wildman–Crippen MR) is 55.9 cm³/mol. The van der Waals surface area contributed by atoms with Crippen molar-refractivity contribution in [1.29, 1.82) is 0 Å². The maximum absolute atomic E-state index is 13.1. The van der Waals surface area contributed by atoms with Crippen molar-refractivity contribution in [2.75, 3.05) is 0 Å². The fraction of sp³-hybridized carbons (Fsp3) is 0.167. The van der Waals surface area contributed by atoms with E-state index in [4.69, 9.17) is 0 Å². The summed E-state index contributed by atoms with van der Waals surface area (Å²) in [6, 6.07) is 4.65. The Hall–Kier alpha value is -1.78. The van der Waals surface area contributed by atoms with E-state index < -0.39 is 17.6 Å². The van der Waals surface area contributed by atoms with E-state index >= 15 is 0 Å². The van der Waals surface area contributed by atoms with Gasteiger partial charge in [0.05, 0.1) is 5.56 Å². The minimum absolute atomic E-state index is 0.312. The highest BCUT2D eigenvalue weighted by Gasteiger charge is 2.34. The Kier molecular flexibility index (Phi) is 2.69. The fourth-order valence-electron chi connectivity index (χ4n) is 1.58. The molecule has 17 heavy (non-hydrogen) atoms. The molecule has 0 amide bonds. The maximum Gasteiger partial charge on any atom is 0.419 e. The molecule has 0 unspecified atom stereocenters. The van der Waals surface area contributed by atoms with Gasteiger partial charge < -0.3 is 4.98 Å². The first kappa shape index (κ1) is 11.7. The molecule has 0 saturated carbocycles. The van der Waals surface area contributed by atoms with Crippen molar-refractivity contribution in [3.05, 3.63) is 47.4 Å². The van der Waals surface area contributed by atoms with Gasteiger partial charge in [-0.25, -0.2) is 4.39 Å². The molecule has 0 aliphatic carbocycles. The average Bonchev–Trinajstić information content (AvgIpc) is 2.64. The Morgan fingerprint density at radius 2 is 1.82 bits per heavy atom. The number of halogens is 4. The molecule has 0 atom stereocenters. The summed E-state index contributed by atoms with van der Waals surface area (Å²) in [5.74, 6) is -1.26. The van der Waals surface area contributed by atoms with Gasteiger partial charge in [0.15, 0.2) is 0 Å². The van der Waals surface area contributed by atoms with E-state index in [0.717, 1.165) is 17.7 Å². The second-order valence-corrected chi connectivity index (χ2v) is 3.78. The van der Waals surface area contributed by atoms with Gasteiger partial charge in [0, 0.05) is 11.9 Å². The third kappa shape index (κ3) is 2.33. The monoisotopic (exact) mass is 243 g/mol. The fourth-order valence-corrected chi connectivity index (χ4v) is 1.58. The molecule has 0 spiro atoms. The summed E-state index contributed by atoms with van der Waals surface area (Å²) in [6.45, 7) is 1.81. The molecule has 0 aliphatic heterocycles. The predicted octanol–water partition coefficient (Wildman–Crippen LogP) is 4.15. The van der Waals surface area contributed by atoms with Crippen LogP contribution in [0.5, 0.6) is 0 Å². The highest BCUT2D eigenvalue weighted by atomic mass is 19.4. The number of hydrogen-bond acceptors (Lipinski definition) is 0. The number of rotatable bonds is 1. The van der Waals surface area contributed by atoms with Crippen LogP contribution in [0.15, 0.2) is 30.5 Å². The standard InChI is InChI=1S/C12H9F4N/c1-7-4-11(17-6-7)8-2-3-10(13)9(5-8)12(14,15)16/h2-6,17H,1H3. The molecule has 0 aliphatic rings. The van der Waals surface area contributed by atoms with Crippen molar-refractivity contribution in [1.82, 2.24) is 4.98 Å². The second kappa shape index (κ2) is 3.91. The summed E-state index contributed by atoms with van der Waals surface area (Å²) in [7, 11) is 0. The molecular weight excluding hydrogens is 234 g/mol. The molecule has 1 N–H and O–H groups in total. The van der Waals surface area contributed by atoms with E-state index in [1.54, 1.807) is 12.3 Å². The van der Waals surface area contributed by atoms with Crippen LogP contribution in [0.25, 0.3) is 11.3 Å². The molecule has 1 heterocycles. The lowest BCUT2D eigenvalue weighted by Crippen LogP contribution is -2.08. The van der Waals surface area contributed by atoms with Crippen LogP contribution in [0, 0.1) is 12.7 Å². The summed E-state index contributed by atoms with van der Waals surface area (Å²) in [5.41, 5.74) is 0.500. The largest absolute Gasteiger partial charge is 0.419 e. The molecule has 1 nitrogen and oxygen atoms in total. The van der Waals surface area contributed by atoms with Crippen LogP contribution < -0.4 is 0 Å².